The molecule has 0 saturated carbocycles. The summed E-state index contributed by atoms with van der Waals surface area (Å²) in [5, 5.41) is 22.6. The third-order valence-corrected chi connectivity index (χ3v) is 3.73. The number of nitro benzene ring substituents is 1. The van der Waals surface area contributed by atoms with E-state index < -0.39 is 34.6 Å². The van der Waals surface area contributed by atoms with Crippen LogP contribution in [0.25, 0.3) is 0 Å². The lowest BCUT2D eigenvalue weighted by molar-refractivity contribution is -0.385. The average molecular weight is 354 g/mol. The first-order valence-electron chi connectivity index (χ1n) is 6.94. The Hall–Kier alpha value is -2.66. The zero-order valence-electron chi connectivity index (χ0n) is 13.3. The quantitative estimate of drug-likeness (QED) is 0.476. The molecule has 0 fully saturated rings. The molecule has 1 aromatic carbocycles. The first-order chi connectivity index (χ1) is 11.1. The number of amides is 1. The molecule has 0 aliphatic rings. The molecule has 0 aliphatic carbocycles. The smallest absolute Gasteiger partial charge is 0.345 e. The molecule has 0 unspecified atom stereocenters. The molecule has 1 rings (SSSR count). The molecule has 8 nitrogen and oxygen atoms in total. The van der Waals surface area contributed by atoms with Crippen molar-refractivity contribution < 1.29 is 19.2 Å². The first-order valence-corrected chi connectivity index (χ1v) is 7.32. The fourth-order valence-corrected chi connectivity index (χ4v) is 1.83. The standard InChI is InChI=1S/C15H16ClN3O5/c1-9(2)15(3,8-17)18-13(20)7-24-14(21)11-5-4-10(16)6-12(11)19(22)23/h4-6,9H,7H2,1-3H3,(H,18,20)/t15-/m0/s1. The lowest BCUT2D eigenvalue weighted by Crippen LogP contribution is -2.50. The van der Waals surface area contributed by atoms with E-state index in [1.807, 2.05) is 6.07 Å². The van der Waals surface area contributed by atoms with Crippen molar-refractivity contribution in [2.45, 2.75) is 26.3 Å². The van der Waals surface area contributed by atoms with Crippen LogP contribution in [0.5, 0.6) is 0 Å². The van der Waals surface area contributed by atoms with Crippen molar-refractivity contribution in [2.75, 3.05) is 6.61 Å². The number of benzene rings is 1. The van der Waals surface area contributed by atoms with E-state index in [4.69, 9.17) is 21.6 Å². The molecule has 0 radical (unpaired) electrons. The highest BCUT2D eigenvalue weighted by Gasteiger charge is 2.30. The van der Waals surface area contributed by atoms with Gasteiger partial charge in [-0.1, -0.05) is 25.4 Å². The second kappa shape index (κ2) is 7.75. The minimum Gasteiger partial charge on any atom is -0.452 e. The van der Waals surface area contributed by atoms with Crippen molar-refractivity contribution in [1.29, 1.82) is 5.26 Å². The van der Waals surface area contributed by atoms with E-state index >= 15 is 0 Å². The predicted octanol–water partition coefficient (Wildman–Crippen LogP) is 2.46. The molecule has 0 bridgehead atoms. The molecule has 1 aromatic rings. The Labute approximate surface area is 143 Å². The van der Waals surface area contributed by atoms with Crippen LogP contribution in [0.15, 0.2) is 18.2 Å². The number of halogens is 1. The predicted molar refractivity (Wildman–Crippen MR) is 85.4 cm³/mol. The van der Waals surface area contributed by atoms with Gasteiger partial charge in [0.15, 0.2) is 6.61 Å². The Morgan fingerprint density at radius 1 is 1.50 bits per heavy atom. The number of esters is 1. The van der Waals surface area contributed by atoms with E-state index in [9.17, 15) is 19.7 Å². The van der Waals surface area contributed by atoms with Crippen LogP contribution in [0, 0.1) is 27.4 Å². The number of carbonyl (C=O) groups excluding carboxylic acids is 2. The Balaban J connectivity index is 2.79. The molecule has 0 saturated heterocycles. The van der Waals surface area contributed by atoms with E-state index in [2.05, 4.69) is 5.32 Å². The van der Waals surface area contributed by atoms with E-state index in [1.165, 1.54) is 6.07 Å². The second-order valence-electron chi connectivity index (χ2n) is 5.51. The van der Waals surface area contributed by atoms with Crippen molar-refractivity contribution >= 4 is 29.2 Å². The van der Waals surface area contributed by atoms with Crippen LogP contribution in [0.4, 0.5) is 5.69 Å². The Kier molecular flexibility index (Phi) is 6.26. The van der Waals surface area contributed by atoms with Gasteiger partial charge in [0, 0.05) is 11.1 Å². The van der Waals surface area contributed by atoms with Gasteiger partial charge in [0.05, 0.1) is 11.0 Å². The number of nitrogens with one attached hydrogen (secondary N) is 1. The van der Waals surface area contributed by atoms with Gasteiger partial charge < -0.3 is 10.1 Å². The fraction of sp³-hybridized carbons (Fsp3) is 0.400. The van der Waals surface area contributed by atoms with Crippen molar-refractivity contribution in [3.63, 3.8) is 0 Å². The summed E-state index contributed by atoms with van der Waals surface area (Å²) in [7, 11) is 0. The number of ether oxygens (including phenoxy) is 1. The number of carbonyl (C=O) groups is 2. The van der Waals surface area contributed by atoms with Gasteiger partial charge in [0.2, 0.25) is 0 Å². The highest BCUT2D eigenvalue weighted by Crippen LogP contribution is 2.24. The van der Waals surface area contributed by atoms with Crippen LogP contribution < -0.4 is 5.32 Å². The molecule has 128 valence electrons. The van der Waals surface area contributed by atoms with Gasteiger partial charge in [0.25, 0.3) is 11.6 Å². The lowest BCUT2D eigenvalue weighted by Gasteiger charge is -2.27. The third kappa shape index (κ3) is 4.67. The number of rotatable bonds is 6. The molecule has 0 aromatic heterocycles. The van der Waals surface area contributed by atoms with Crippen LogP contribution in [0.3, 0.4) is 0 Å². The summed E-state index contributed by atoms with van der Waals surface area (Å²) in [5.74, 6) is -1.88. The lowest BCUT2D eigenvalue weighted by atomic mass is 9.90. The van der Waals surface area contributed by atoms with Crippen molar-refractivity contribution in [1.82, 2.24) is 5.32 Å². The van der Waals surface area contributed by atoms with Crippen LogP contribution in [0.2, 0.25) is 5.02 Å². The third-order valence-electron chi connectivity index (χ3n) is 3.50. The van der Waals surface area contributed by atoms with Crippen LogP contribution >= 0.6 is 11.6 Å². The number of nitro groups is 1. The van der Waals surface area contributed by atoms with Gasteiger partial charge >= 0.3 is 5.97 Å². The van der Waals surface area contributed by atoms with Gasteiger partial charge in [-0.15, -0.1) is 0 Å². The molecule has 1 atom stereocenters. The Morgan fingerprint density at radius 3 is 2.62 bits per heavy atom. The molecular formula is C15H16ClN3O5. The van der Waals surface area contributed by atoms with Gasteiger partial charge in [-0.2, -0.15) is 5.26 Å². The summed E-state index contributed by atoms with van der Waals surface area (Å²) in [6.07, 6.45) is 0. The van der Waals surface area contributed by atoms with Crippen LogP contribution in [-0.2, 0) is 9.53 Å². The van der Waals surface area contributed by atoms with Gasteiger partial charge in [-0.05, 0) is 25.0 Å². The molecule has 9 heteroatoms. The number of nitriles is 1. The summed E-state index contributed by atoms with van der Waals surface area (Å²) in [6.45, 7) is 4.39. The van der Waals surface area contributed by atoms with Crippen molar-refractivity contribution in [2.24, 2.45) is 5.92 Å². The maximum atomic E-state index is 11.9. The minimum absolute atomic E-state index is 0.0951. The van der Waals surface area contributed by atoms with E-state index in [-0.39, 0.29) is 16.5 Å². The summed E-state index contributed by atoms with van der Waals surface area (Å²) in [6, 6.07) is 5.45. The maximum absolute atomic E-state index is 11.9. The van der Waals surface area contributed by atoms with Crippen LogP contribution in [0.1, 0.15) is 31.1 Å². The van der Waals surface area contributed by atoms with Gasteiger partial charge in [0.1, 0.15) is 11.1 Å². The Morgan fingerprint density at radius 2 is 2.12 bits per heavy atom. The first kappa shape index (κ1) is 19.4. The Bertz CT molecular complexity index is 714. The molecule has 24 heavy (non-hydrogen) atoms. The summed E-state index contributed by atoms with van der Waals surface area (Å²) in [4.78, 5) is 33.9. The van der Waals surface area contributed by atoms with Crippen LogP contribution in [-0.4, -0.2) is 28.9 Å². The molecule has 0 spiro atoms. The summed E-state index contributed by atoms with van der Waals surface area (Å²) < 4.78 is 4.78. The molecule has 0 aliphatic heterocycles. The van der Waals surface area contributed by atoms with E-state index in [0.29, 0.717) is 0 Å². The van der Waals surface area contributed by atoms with E-state index in [0.717, 1.165) is 12.1 Å². The normalized spacial score (nSPS) is 12.8. The molecule has 0 heterocycles. The minimum atomic E-state index is -1.12. The number of nitrogens with zero attached hydrogens (tertiary/aromatic N) is 2. The highest BCUT2D eigenvalue weighted by atomic mass is 35.5. The second-order valence-corrected chi connectivity index (χ2v) is 5.95. The maximum Gasteiger partial charge on any atom is 0.345 e. The average Bonchev–Trinajstić information content (AvgIpc) is 2.52. The highest BCUT2D eigenvalue weighted by molar-refractivity contribution is 6.31. The largest absolute Gasteiger partial charge is 0.452 e. The van der Waals surface area contributed by atoms with E-state index in [1.54, 1.807) is 20.8 Å². The number of hydrogen-bond donors (Lipinski definition) is 1. The molecular weight excluding hydrogens is 338 g/mol. The molecule has 1 N–H and O–H groups in total. The van der Waals surface area contributed by atoms with Gasteiger partial charge in [-0.25, -0.2) is 4.79 Å². The van der Waals surface area contributed by atoms with Crippen molar-refractivity contribution in [3.8, 4) is 6.07 Å². The van der Waals surface area contributed by atoms with Crippen molar-refractivity contribution in [3.05, 3.63) is 38.9 Å². The summed E-state index contributed by atoms with van der Waals surface area (Å²) in [5.41, 5.74) is -1.95. The molecule has 1 amide bonds. The number of hydrogen-bond acceptors (Lipinski definition) is 6. The summed E-state index contributed by atoms with van der Waals surface area (Å²) >= 11 is 5.66. The van der Waals surface area contributed by atoms with Gasteiger partial charge in [-0.3, -0.25) is 14.9 Å². The monoisotopic (exact) mass is 353 g/mol. The fourth-order valence-electron chi connectivity index (χ4n) is 1.66. The SMILES string of the molecule is CC(C)[C@](C)(C#N)NC(=O)COC(=O)c1ccc(Cl)cc1[N+](=O)[O-]. The zero-order valence-corrected chi connectivity index (χ0v) is 14.1. The topological polar surface area (TPSA) is 122 Å². The zero-order chi connectivity index (χ0) is 18.5.